The number of nitrogens with zero attached hydrogens (tertiary/aromatic N) is 6. The summed E-state index contributed by atoms with van der Waals surface area (Å²) in [6.45, 7) is 4.28. The zero-order valence-corrected chi connectivity index (χ0v) is 20.2. The second-order valence-electron chi connectivity index (χ2n) is 8.74. The Kier molecular flexibility index (Phi) is 6.35. The Morgan fingerprint density at radius 1 is 1.35 bits per heavy atom. The highest BCUT2D eigenvalue weighted by molar-refractivity contribution is 8.03. The van der Waals surface area contributed by atoms with Gasteiger partial charge in [0.05, 0.1) is 23.8 Å². The number of thioether (sulfide) groups is 2. The van der Waals surface area contributed by atoms with Crippen LogP contribution >= 0.6 is 23.5 Å². The molecule has 11 nitrogen and oxygen atoms in total. The molecule has 2 aromatic heterocycles. The topological polar surface area (TPSA) is 146 Å². The fraction of sp³-hybridized carbons (Fsp3) is 0.524. The van der Waals surface area contributed by atoms with E-state index in [2.05, 4.69) is 25.8 Å². The monoisotopic (exact) mass is 503 g/mol. The largest absolute Gasteiger partial charge is 0.477 e. The number of amides is 1. The van der Waals surface area contributed by atoms with E-state index in [0.29, 0.717) is 5.16 Å². The van der Waals surface area contributed by atoms with Gasteiger partial charge in [-0.3, -0.25) is 9.78 Å². The van der Waals surface area contributed by atoms with E-state index in [-0.39, 0.29) is 34.9 Å². The zero-order valence-electron chi connectivity index (χ0n) is 18.6. The lowest BCUT2D eigenvalue weighted by atomic mass is 9.79. The van der Waals surface area contributed by atoms with Crippen LogP contribution < -0.4 is 5.32 Å². The third-order valence-corrected chi connectivity index (χ3v) is 9.14. The Morgan fingerprint density at radius 2 is 2.12 bits per heavy atom. The van der Waals surface area contributed by atoms with Gasteiger partial charge in [-0.15, -0.1) is 16.9 Å². The molecule has 0 saturated carbocycles. The van der Waals surface area contributed by atoms with Crippen molar-refractivity contribution in [2.75, 3.05) is 12.3 Å². The molecule has 0 unspecified atom stereocenters. The predicted molar refractivity (Wildman–Crippen MR) is 125 cm³/mol. The van der Waals surface area contributed by atoms with E-state index in [4.69, 9.17) is 0 Å². The lowest BCUT2D eigenvalue weighted by Crippen LogP contribution is -2.63. The number of nitrogens with one attached hydrogen (secondary N) is 1. The van der Waals surface area contributed by atoms with Crippen LogP contribution in [0.25, 0.3) is 5.69 Å². The Bertz CT molecular complexity index is 1130. The van der Waals surface area contributed by atoms with E-state index in [9.17, 15) is 19.8 Å². The average molecular weight is 504 g/mol. The molecule has 1 amide bonds. The van der Waals surface area contributed by atoms with Crippen molar-refractivity contribution in [1.82, 2.24) is 35.4 Å². The standard InChI is InChI=1S/C21H25N7O4S2/c1-10-16-15(11(2)29)19(30)27(16)17(20(31)32)18(10)34-14-7-12(23-8-14)9-33-21-24-25-26-28(21)13-3-5-22-6-4-13/h3-6,10-12,14-16,23,29H,7-9H2,1-2H3,(H,31,32)/t10-,11-,12+,14+,15-,16-/m1/s1. The Balaban J connectivity index is 1.22. The van der Waals surface area contributed by atoms with Crippen LogP contribution in [0, 0.1) is 11.8 Å². The fourth-order valence-corrected chi connectivity index (χ4v) is 7.43. The molecule has 180 valence electrons. The lowest BCUT2D eigenvalue weighted by molar-refractivity contribution is -0.163. The molecule has 3 aliphatic heterocycles. The molecular weight excluding hydrogens is 478 g/mol. The van der Waals surface area contributed by atoms with E-state index in [1.54, 1.807) is 47.5 Å². The van der Waals surface area contributed by atoms with E-state index in [0.717, 1.165) is 29.3 Å². The number of aliphatic hydroxyl groups excluding tert-OH is 1. The number of carbonyl (C=O) groups is 2. The van der Waals surface area contributed by atoms with E-state index in [1.807, 2.05) is 19.1 Å². The van der Waals surface area contributed by atoms with Crippen LogP contribution in [-0.4, -0.2) is 87.9 Å². The van der Waals surface area contributed by atoms with Crippen molar-refractivity contribution in [2.24, 2.45) is 11.8 Å². The van der Waals surface area contributed by atoms with Gasteiger partial charge in [-0.05, 0) is 35.9 Å². The van der Waals surface area contributed by atoms with Crippen molar-refractivity contribution in [1.29, 1.82) is 0 Å². The van der Waals surface area contributed by atoms with Crippen molar-refractivity contribution < 1.29 is 19.8 Å². The Labute approximate surface area is 204 Å². The molecule has 5 rings (SSSR count). The normalized spacial score (nSPS) is 29.3. The molecule has 34 heavy (non-hydrogen) atoms. The summed E-state index contributed by atoms with van der Waals surface area (Å²) >= 11 is 3.11. The van der Waals surface area contributed by atoms with Gasteiger partial charge in [-0.25, -0.2) is 4.79 Å². The highest BCUT2D eigenvalue weighted by Crippen LogP contribution is 2.51. The smallest absolute Gasteiger partial charge is 0.353 e. The molecule has 3 N–H and O–H groups in total. The van der Waals surface area contributed by atoms with Crippen molar-refractivity contribution in [3.63, 3.8) is 0 Å². The first-order valence-electron chi connectivity index (χ1n) is 11.1. The maximum absolute atomic E-state index is 12.5. The summed E-state index contributed by atoms with van der Waals surface area (Å²) in [5.41, 5.74) is 0.923. The van der Waals surface area contributed by atoms with Crippen molar-refractivity contribution in [2.45, 2.75) is 48.9 Å². The van der Waals surface area contributed by atoms with Crippen molar-refractivity contribution in [3.05, 3.63) is 35.1 Å². The van der Waals surface area contributed by atoms with Gasteiger partial charge < -0.3 is 20.4 Å². The number of aliphatic hydroxyl groups is 1. The first-order chi connectivity index (χ1) is 16.4. The molecule has 0 radical (unpaired) electrons. The van der Waals surface area contributed by atoms with Gasteiger partial charge in [0.1, 0.15) is 5.70 Å². The number of aliphatic carboxylic acids is 1. The first-order valence-corrected chi connectivity index (χ1v) is 12.9. The predicted octanol–water partition coefficient (Wildman–Crippen LogP) is 0.767. The minimum Gasteiger partial charge on any atom is -0.477 e. The summed E-state index contributed by atoms with van der Waals surface area (Å²) in [6, 6.07) is 3.62. The van der Waals surface area contributed by atoms with Crippen LogP contribution in [0.15, 0.2) is 40.3 Å². The number of β-lactam (4-membered cyclic amide) rings is 1. The van der Waals surface area contributed by atoms with Crippen LogP contribution in [0.1, 0.15) is 20.3 Å². The van der Waals surface area contributed by atoms with Gasteiger partial charge in [0.25, 0.3) is 0 Å². The van der Waals surface area contributed by atoms with Gasteiger partial charge in [-0.2, -0.15) is 4.68 Å². The Hall–Kier alpha value is -2.48. The summed E-state index contributed by atoms with van der Waals surface area (Å²) in [5, 5.41) is 36.2. The van der Waals surface area contributed by atoms with E-state index >= 15 is 0 Å². The third kappa shape index (κ3) is 4.00. The molecular formula is C21H25N7O4S2. The number of tetrazole rings is 1. The van der Waals surface area contributed by atoms with Crippen LogP contribution in [0.4, 0.5) is 0 Å². The molecule has 13 heteroatoms. The Morgan fingerprint density at radius 3 is 2.82 bits per heavy atom. The molecule has 5 heterocycles. The van der Waals surface area contributed by atoms with Crippen LogP contribution in [0.5, 0.6) is 0 Å². The second kappa shape index (κ2) is 9.29. The summed E-state index contributed by atoms with van der Waals surface area (Å²) < 4.78 is 1.68. The first kappa shape index (κ1) is 23.3. The van der Waals surface area contributed by atoms with Crippen LogP contribution in [-0.2, 0) is 9.59 Å². The number of carboxylic acids is 1. The minimum absolute atomic E-state index is 0.0822. The maximum Gasteiger partial charge on any atom is 0.353 e. The van der Waals surface area contributed by atoms with E-state index < -0.39 is 18.0 Å². The van der Waals surface area contributed by atoms with Crippen molar-refractivity contribution in [3.8, 4) is 5.69 Å². The number of carboxylic acid groups (broad SMARTS) is 1. The van der Waals surface area contributed by atoms with Gasteiger partial charge in [0.2, 0.25) is 11.1 Å². The van der Waals surface area contributed by atoms with Gasteiger partial charge in [0.15, 0.2) is 0 Å². The molecule has 0 aromatic carbocycles. The number of pyridine rings is 1. The fourth-order valence-electron chi connectivity index (χ4n) is 4.95. The highest BCUT2D eigenvalue weighted by atomic mass is 32.2. The SMILES string of the molecule is C[C@@H](O)[C@H]1C(=O)N2C(C(=O)O)=C(S[C@@H]3CN[C@H](CSc4nnnn4-c4ccncc4)C3)[C@H](C)[C@H]12. The number of aromatic nitrogens is 5. The zero-order chi connectivity index (χ0) is 24.0. The maximum atomic E-state index is 12.5. The van der Waals surface area contributed by atoms with Gasteiger partial charge >= 0.3 is 5.97 Å². The number of hydrogen-bond acceptors (Lipinski definition) is 10. The molecule has 0 spiro atoms. The number of carbonyl (C=O) groups excluding carboxylic acids is 1. The lowest BCUT2D eigenvalue weighted by Gasteiger charge is -2.46. The van der Waals surface area contributed by atoms with Crippen LogP contribution in [0.2, 0.25) is 0 Å². The molecule has 3 aliphatic rings. The highest BCUT2D eigenvalue weighted by Gasteiger charge is 2.60. The molecule has 0 aliphatic carbocycles. The summed E-state index contributed by atoms with van der Waals surface area (Å²) in [5.74, 6) is -1.28. The average Bonchev–Trinajstić information content (AvgIpc) is 3.51. The molecule has 2 saturated heterocycles. The van der Waals surface area contributed by atoms with Gasteiger partial charge in [-0.1, -0.05) is 18.7 Å². The second-order valence-corrected chi connectivity index (χ2v) is 11.1. The van der Waals surface area contributed by atoms with Crippen LogP contribution in [0.3, 0.4) is 0 Å². The minimum atomic E-state index is -1.09. The molecule has 2 aromatic rings. The molecule has 0 bridgehead atoms. The van der Waals surface area contributed by atoms with Crippen molar-refractivity contribution >= 4 is 35.4 Å². The summed E-state index contributed by atoms with van der Waals surface area (Å²) in [7, 11) is 0. The van der Waals surface area contributed by atoms with Gasteiger partial charge in [0, 0.05) is 46.8 Å². The third-order valence-electron chi connectivity index (χ3n) is 6.55. The summed E-state index contributed by atoms with van der Waals surface area (Å²) in [4.78, 5) is 30.7. The molecule has 6 atom stereocenters. The summed E-state index contributed by atoms with van der Waals surface area (Å²) in [6.07, 6.45) is 3.44. The number of rotatable bonds is 8. The quantitative estimate of drug-likeness (QED) is 0.347. The molecule has 2 fully saturated rings. The van der Waals surface area contributed by atoms with E-state index in [1.165, 1.54) is 4.90 Å². The number of hydrogen-bond donors (Lipinski definition) is 3. The number of fused-ring (bicyclic) bond motifs is 1.